The van der Waals surface area contributed by atoms with Gasteiger partial charge in [-0.15, -0.1) is 0 Å². The van der Waals surface area contributed by atoms with Gasteiger partial charge in [-0.1, -0.05) is 60.3 Å². The number of Topliss-reactive ketones (excluding diaryl/α,β-unsaturated/α-hetero) is 1. The van der Waals surface area contributed by atoms with E-state index in [0.717, 1.165) is 4.90 Å². The van der Waals surface area contributed by atoms with Crippen LogP contribution in [0, 0.1) is 0 Å². The molecule has 0 aromatic heterocycles. The fourth-order valence-corrected chi connectivity index (χ4v) is 2.50. The van der Waals surface area contributed by atoms with Crippen molar-refractivity contribution in [3.63, 3.8) is 0 Å². The Morgan fingerprint density at radius 1 is 1.05 bits per heavy atom. The molecule has 0 radical (unpaired) electrons. The van der Waals surface area contributed by atoms with Crippen molar-refractivity contribution < 1.29 is 9.53 Å². The number of carbonyl (C=O) groups is 1. The molecule has 2 aromatic rings. The number of hydrogen-bond acceptors (Lipinski definition) is 3. The van der Waals surface area contributed by atoms with E-state index in [1.54, 1.807) is 6.26 Å². The minimum absolute atomic E-state index is 0.0205. The lowest BCUT2D eigenvalue weighted by molar-refractivity contribution is 0.103. The quantitative estimate of drug-likeness (QED) is 0.337. The second-order valence-electron chi connectivity index (χ2n) is 4.05. The maximum Gasteiger partial charge on any atom is 0.202 e. The molecule has 2 nitrogen and oxygen atoms in total. The largest absolute Gasteiger partial charge is 0.500 e. The summed E-state index contributed by atoms with van der Waals surface area (Å²) in [5, 5.41) is 0. The molecular formula is C17H16O2S. The number of carbonyl (C=O) groups excluding carboxylic acids is 1. The molecule has 102 valence electrons. The number of rotatable bonds is 6. The fraction of sp³-hybridized carbons (Fsp3) is 0.118. The highest BCUT2D eigenvalue weighted by atomic mass is 32.2. The van der Waals surface area contributed by atoms with E-state index in [2.05, 4.69) is 0 Å². The minimum Gasteiger partial charge on any atom is -0.500 e. The Labute approximate surface area is 123 Å². The molecule has 0 bridgehead atoms. The van der Waals surface area contributed by atoms with Gasteiger partial charge in [0, 0.05) is 10.5 Å². The molecule has 0 saturated heterocycles. The molecule has 0 aliphatic rings. The van der Waals surface area contributed by atoms with Gasteiger partial charge in [-0.25, -0.2) is 0 Å². The van der Waals surface area contributed by atoms with E-state index in [1.807, 2.05) is 67.6 Å². The van der Waals surface area contributed by atoms with Crippen LogP contribution in [0.4, 0.5) is 0 Å². The van der Waals surface area contributed by atoms with Crippen LogP contribution in [0.15, 0.2) is 76.7 Å². The molecular weight excluding hydrogens is 268 g/mol. The van der Waals surface area contributed by atoms with E-state index in [1.165, 1.54) is 11.8 Å². The first-order valence-electron chi connectivity index (χ1n) is 6.45. The summed E-state index contributed by atoms with van der Waals surface area (Å²) in [7, 11) is 0. The summed E-state index contributed by atoms with van der Waals surface area (Å²) < 4.78 is 5.31. The van der Waals surface area contributed by atoms with Crippen LogP contribution < -0.4 is 0 Å². The molecule has 0 amide bonds. The second-order valence-corrected chi connectivity index (χ2v) is 5.16. The van der Waals surface area contributed by atoms with E-state index >= 15 is 0 Å². The number of hydrogen-bond donors (Lipinski definition) is 0. The van der Waals surface area contributed by atoms with Crippen LogP contribution in [0.2, 0.25) is 0 Å². The van der Waals surface area contributed by atoms with Crippen LogP contribution in [0.25, 0.3) is 0 Å². The zero-order valence-corrected chi connectivity index (χ0v) is 12.1. The Balaban J connectivity index is 2.22. The zero-order chi connectivity index (χ0) is 14.2. The van der Waals surface area contributed by atoms with Crippen LogP contribution in [0.1, 0.15) is 17.3 Å². The molecule has 2 rings (SSSR count). The summed E-state index contributed by atoms with van der Waals surface area (Å²) in [6.07, 6.45) is 1.55. The highest BCUT2D eigenvalue weighted by Gasteiger charge is 2.14. The van der Waals surface area contributed by atoms with Gasteiger partial charge in [-0.3, -0.25) is 4.79 Å². The lowest BCUT2D eigenvalue weighted by atomic mass is 10.1. The Kier molecular flexibility index (Phi) is 5.44. The Bertz CT molecular complexity index is 576. The van der Waals surface area contributed by atoms with E-state index in [9.17, 15) is 4.79 Å². The van der Waals surface area contributed by atoms with Crippen molar-refractivity contribution in [1.82, 2.24) is 0 Å². The topological polar surface area (TPSA) is 26.3 Å². The fourth-order valence-electron chi connectivity index (χ4n) is 1.63. The van der Waals surface area contributed by atoms with Gasteiger partial charge in [0.15, 0.2) is 0 Å². The molecule has 0 fully saturated rings. The summed E-state index contributed by atoms with van der Waals surface area (Å²) in [5.74, 6) is -0.0205. The van der Waals surface area contributed by atoms with Crippen molar-refractivity contribution in [3.05, 3.63) is 77.4 Å². The predicted octanol–water partition coefficient (Wildman–Crippen LogP) is 4.54. The average molecular weight is 284 g/mol. The van der Waals surface area contributed by atoms with Gasteiger partial charge >= 0.3 is 0 Å². The monoisotopic (exact) mass is 284 g/mol. The average Bonchev–Trinajstić information content (AvgIpc) is 2.52. The molecule has 0 saturated carbocycles. The van der Waals surface area contributed by atoms with Gasteiger partial charge in [-0.05, 0) is 19.1 Å². The molecule has 0 aliphatic carbocycles. The molecule has 0 atom stereocenters. The second kappa shape index (κ2) is 7.56. The molecule has 0 aliphatic heterocycles. The molecule has 0 heterocycles. The van der Waals surface area contributed by atoms with Crippen LogP contribution in [0.3, 0.4) is 0 Å². The van der Waals surface area contributed by atoms with E-state index < -0.39 is 0 Å². The standard InChI is InChI=1S/C17H16O2S/c1-2-19-13-16(20-15-11-7-4-8-12-15)17(18)14-9-5-3-6-10-14/h3-13H,2H2,1H3/b16-13+. The van der Waals surface area contributed by atoms with Crippen LogP contribution in [0.5, 0.6) is 0 Å². The first-order valence-corrected chi connectivity index (χ1v) is 7.27. The Morgan fingerprint density at radius 3 is 2.25 bits per heavy atom. The van der Waals surface area contributed by atoms with Crippen molar-refractivity contribution in [2.45, 2.75) is 11.8 Å². The van der Waals surface area contributed by atoms with Gasteiger partial charge in [-0.2, -0.15) is 0 Å². The molecule has 20 heavy (non-hydrogen) atoms. The van der Waals surface area contributed by atoms with Gasteiger partial charge < -0.3 is 4.74 Å². The SMILES string of the molecule is CCO/C=C(/Sc1ccccc1)C(=O)c1ccccc1. The normalized spacial score (nSPS) is 11.2. The van der Waals surface area contributed by atoms with Crippen LogP contribution in [-0.4, -0.2) is 12.4 Å². The summed E-state index contributed by atoms with van der Waals surface area (Å²) in [6.45, 7) is 2.44. The van der Waals surface area contributed by atoms with E-state index in [4.69, 9.17) is 4.74 Å². The smallest absolute Gasteiger partial charge is 0.202 e. The Hall–Kier alpha value is -2.00. The van der Waals surface area contributed by atoms with Gasteiger partial charge in [0.25, 0.3) is 0 Å². The summed E-state index contributed by atoms with van der Waals surface area (Å²) in [6, 6.07) is 19.0. The lowest BCUT2D eigenvalue weighted by Gasteiger charge is -2.07. The van der Waals surface area contributed by atoms with Gasteiger partial charge in [0.05, 0.1) is 11.5 Å². The third-order valence-electron chi connectivity index (χ3n) is 2.59. The highest BCUT2D eigenvalue weighted by molar-refractivity contribution is 8.04. The number of ketones is 1. The highest BCUT2D eigenvalue weighted by Crippen LogP contribution is 2.29. The first kappa shape index (κ1) is 14.4. The minimum atomic E-state index is -0.0205. The maximum atomic E-state index is 12.5. The summed E-state index contributed by atoms with van der Waals surface area (Å²) >= 11 is 1.42. The van der Waals surface area contributed by atoms with Crippen molar-refractivity contribution in [1.29, 1.82) is 0 Å². The molecule has 3 heteroatoms. The zero-order valence-electron chi connectivity index (χ0n) is 11.3. The predicted molar refractivity (Wildman–Crippen MR) is 82.8 cm³/mol. The van der Waals surface area contributed by atoms with Crippen molar-refractivity contribution in [3.8, 4) is 0 Å². The van der Waals surface area contributed by atoms with Gasteiger partial charge in [0.2, 0.25) is 5.78 Å². The van der Waals surface area contributed by atoms with Crippen molar-refractivity contribution in [2.24, 2.45) is 0 Å². The summed E-state index contributed by atoms with van der Waals surface area (Å²) in [4.78, 5) is 14.1. The number of allylic oxidation sites excluding steroid dienone is 1. The van der Waals surface area contributed by atoms with E-state index in [-0.39, 0.29) is 5.78 Å². The maximum absolute atomic E-state index is 12.5. The van der Waals surface area contributed by atoms with Crippen molar-refractivity contribution >= 4 is 17.5 Å². The molecule has 0 unspecified atom stereocenters. The van der Waals surface area contributed by atoms with Crippen LogP contribution in [-0.2, 0) is 4.74 Å². The van der Waals surface area contributed by atoms with Crippen LogP contribution >= 0.6 is 11.8 Å². The van der Waals surface area contributed by atoms with E-state index in [0.29, 0.717) is 17.1 Å². The molecule has 2 aromatic carbocycles. The van der Waals surface area contributed by atoms with Crippen molar-refractivity contribution in [2.75, 3.05) is 6.61 Å². The number of thioether (sulfide) groups is 1. The lowest BCUT2D eigenvalue weighted by Crippen LogP contribution is -2.01. The number of benzene rings is 2. The molecule has 0 spiro atoms. The third kappa shape index (κ3) is 4.00. The molecule has 0 N–H and O–H groups in total. The summed E-state index contributed by atoms with van der Waals surface area (Å²) in [5.41, 5.74) is 0.668. The van der Waals surface area contributed by atoms with Gasteiger partial charge in [0.1, 0.15) is 6.26 Å². The Morgan fingerprint density at radius 2 is 1.65 bits per heavy atom. The third-order valence-corrected chi connectivity index (χ3v) is 3.60. The first-order chi connectivity index (χ1) is 9.81. The number of ether oxygens (including phenoxy) is 1.